The third-order valence-electron chi connectivity index (χ3n) is 2.61. The molecule has 0 aliphatic rings. The minimum atomic E-state index is -4.40. The topological polar surface area (TPSA) is 49.8 Å². The van der Waals surface area contributed by atoms with Crippen LogP contribution < -0.4 is 10.6 Å². The summed E-state index contributed by atoms with van der Waals surface area (Å²) < 4.78 is 38.3. The number of nitrogens with one attached hydrogen (secondary N) is 2. The first-order chi connectivity index (χ1) is 9.49. The van der Waals surface area contributed by atoms with Crippen LogP contribution in [0.25, 0.3) is 0 Å². The number of alkyl halides is 3. The Morgan fingerprint density at radius 1 is 1.20 bits per heavy atom. The molecule has 0 saturated carbocycles. The van der Waals surface area contributed by atoms with E-state index in [1.165, 1.54) is 7.05 Å². The normalized spacial score (nSPS) is 11.2. The molecule has 0 aliphatic carbocycles. The summed E-state index contributed by atoms with van der Waals surface area (Å²) in [5.74, 6) is 0.321. The van der Waals surface area contributed by atoms with Crippen LogP contribution in [0.3, 0.4) is 0 Å². The molecule has 0 fully saturated rings. The third-order valence-corrected chi connectivity index (χ3v) is 2.61. The minimum absolute atomic E-state index is 0.160. The second-order valence-corrected chi connectivity index (χ2v) is 4.09. The van der Waals surface area contributed by atoms with Gasteiger partial charge in [-0.2, -0.15) is 13.2 Å². The maximum Gasteiger partial charge on any atom is 0.416 e. The van der Waals surface area contributed by atoms with Crippen molar-refractivity contribution in [3.8, 4) is 0 Å². The van der Waals surface area contributed by atoms with Gasteiger partial charge in [0.25, 0.3) is 0 Å². The Hall–Kier alpha value is -2.31. The average Bonchev–Trinajstić information content (AvgIpc) is 2.45. The molecule has 0 bridgehead atoms. The molecule has 7 heteroatoms. The van der Waals surface area contributed by atoms with Crippen molar-refractivity contribution in [1.29, 1.82) is 0 Å². The van der Waals surface area contributed by atoms with E-state index in [0.29, 0.717) is 6.54 Å². The fourth-order valence-corrected chi connectivity index (χ4v) is 1.61. The van der Waals surface area contributed by atoms with E-state index in [0.717, 1.165) is 17.7 Å². The van der Waals surface area contributed by atoms with Gasteiger partial charge in [-0.15, -0.1) is 0 Å². The van der Waals surface area contributed by atoms with Gasteiger partial charge in [-0.1, -0.05) is 6.07 Å². The first-order valence-corrected chi connectivity index (χ1v) is 5.89. The summed E-state index contributed by atoms with van der Waals surface area (Å²) in [4.78, 5) is 7.97. The summed E-state index contributed by atoms with van der Waals surface area (Å²) in [7, 11) is 1.52. The van der Waals surface area contributed by atoms with E-state index in [1.807, 2.05) is 6.07 Å². The molecule has 0 saturated heterocycles. The van der Waals surface area contributed by atoms with Crippen molar-refractivity contribution in [1.82, 2.24) is 9.97 Å². The minimum Gasteiger partial charge on any atom is -0.373 e. The fraction of sp³-hybridized carbons (Fsp3) is 0.231. The van der Waals surface area contributed by atoms with E-state index < -0.39 is 11.7 Å². The van der Waals surface area contributed by atoms with Gasteiger partial charge in [-0.3, -0.25) is 4.98 Å². The lowest BCUT2D eigenvalue weighted by Gasteiger charge is -2.12. The van der Waals surface area contributed by atoms with Gasteiger partial charge < -0.3 is 10.6 Å². The first kappa shape index (κ1) is 14.1. The van der Waals surface area contributed by atoms with Crippen molar-refractivity contribution in [2.45, 2.75) is 12.7 Å². The molecule has 20 heavy (non-hydrogen) atoms. The first-order valence-electron chi connectivity index (χ1n) is 5.89. The highest BCUT2D eigenvalue weighted by molar-refractivity contribution is 5.49. The van der Waals surface area contributed by atoms with Gasteiger partial charge in [0.2, 0.25) is 0 Å². The Kier molecular flexibility index (Phi) is 4.07. The van der Waals surface area contributed by atoms with Gasteiger partial charge in [-0.25, -0.2) is 4.98 Å². The molecule has 0 spiro atoms. The summed E-state index contributed by atoms with van der Waals surface area (Å²) in [5.41, 5.74) is 0.114. The average molecular weight is 282 g/mol. The lowest BCUT2D eigenvalue weighted by atomic mass is 10.2. The van der Waals surface area contributed by atoms with Crippen molar-refractivity contribution < 1.29 is 13.2 Å². The largest absolute Gasteiger partial charge is 0.416 e. The molecular weight excluding hydrogens is 269 g/mol. The van der Waals surface area contributed by atoms with E-state index in [2.05, 4.69) is 20.6 Å². The summed E-state index contributed by atoms with van der Waals surface area (Å²) in [5, 5.41) is 5.47. The number of anilines is 2. The molecule has 2 rings (SSSR count). The molecule has 2 aromatic rings. The Morgan fingerprint density at radius 2 is 1.95 bits per heavy atom. The van der Waals surface area contributed by atoms with Gasteiger partial charge >= 0.3 is 6.18 Å². The van der Waals surface area contributed by atoms with Crippen molar-refractivity contribution in [2.75, 3.05) is 17.7 Å². The smallest absolute Gasteiger partial charge is 0.373 e. The summed E-state index contributed by atoms with van der Waals surface area (Å²) in [6.07, 6.45) is -1.13. The summed E-state index contributed by atoms with van der Waals surface area (Å²) >= 11 is 0. The zero-order chi connectivity index (χ0) is 14.6. The molecule has 0 unspecified atom stereocenters. The predicted molar refractivity (Wildman–Crippen MR) is 70.3 cm³/mol. The number of hydrogen-bond donors (Lipinski definition) is 2. The molecule has 0 atom stereocenters. The van der Waals surface area contributed by atoms with Crippen LogP contribution in [-0.2, 0) is 12.7 Å². The highest BCUT2D eigenvalue weighted by Crippen LogP contribution is 2.32. The van der Waals surface area contributed by atoms with Crippen molar-refractivity contribution in [3.05, 3.63) is 47.8 Å². The van der Waals surface area contributed by atoms with E-state index >= 15 is 0 Å². The maximum absolute atomic E-state index is 12.8. The Balaban J connectivity index is 2.19. The SMILES string of the molecule is CNc1cc(C(F)(F)F)cc(NCc2cccnc2)n1. The van der Waals surface area contributed by atoms with Gasteiger partial charge in [-0.05, 0) is 23.8 Å². The Morgan fingerprint density at radius 3 is 2.55 bits per heavy atom. The van der Waals surface area contributed by atoms with Crippen LogP contribution in [-0.4, -0.2) is 17.0 Å². The van der Waals surface area contributed by atoms with Crippen LogP contribution >= 0.6 is 0 Å². The summed E-state index contributed by atoms with van der Waals surface area (Å²) in [6, 6.07) is 5.54. The lowest BCUT2D eigenvalue weighted by molar-refractivity contribution is -0.137. The molecule has 0 radical (unpaired) electrons. The molecule has 0 aromatic carbocycles. The van der Waals surface area contributed by atoms with Gasteiger partial charge in [0.15, 0.2) is 0 Å². The fourth-order valence-electron chi connectivity index (χ4n) is 1.61. The number of aromatic nitrogens is 2. The Bertz CT molecular complexity index is 570. The summed E-state index contributed by atoms with van der Waals surface area (Å²) in [6.45, 7) is 0.352. The van der Waals surface area contributed by atoms with Gasteiger partial charge in [0.1, 0.15) is 11.6 Å². The number of rotatable bonds is 4. The van der Waals surface area contributed by atoms with Crippen LogP contribution in [0.2, 0.25) is 0 Å². The highest BCUT2D eigenvalue weighted by Gasteiger charge is 2.31. The molecule has 4 nitrogen and oxygen atoms in total. The second-order valence-electron chi connectivity index (χ2n) is 4.09. The number of hydrogen-bond acceptors (Lipinski definition) is 4. The second kappa shape index (κ2) is 5.77. The van der Waals surface area contributed by atoms with Crippen LogP contribution in [0, 0.1) is 0 Å². The molecule has 0 amide bonds. The van der Waals surface area contributed by atoms with Gasteiger partial charge in [0, 0.05) is 26.0 Å². The van der Waals surface area contributed by atoms with Crippen molar-refractivity contribution in [3.63, 3.8) is 0 Å². The van der Waals surface area contributed by atoms with E-state index in [4.69, 9.17) is 0 Å². The van der Waals surface area contributed by atoms with Gasteiger partial charge in [0.05, 0.1) is 5.56 Å². The third kappa shape index (κ3) is 3.59. The van der Waals surface area contributed by atoms with Crippen LogP contribution in [0.4, 0.5) is 24.8 Å². The molecule has 2 heterocycles. The zero-order valence-electron chi connectivity index (χ0n) is 10.7. The molecule has 2 aromatic heterocycles. The lowest BCUT2D eigenvalue weighted by Crippen LogP contribution is -2.10. The van der Waals surface area contributed by atoms with Crippen LogP contribution in [0.5, 0.6) is 0 Å². The number of nitrogens with zero attached hydrogens (tertiary/aromatic N) is 2. The van der Waals surface area contributed by atoms with Crippen molar-refractivity contribution >= 4 is 11.6 Å². The molecular formula is C13H13F3N4. The Labute approximate surface area is 114 Å². The molecule has 0 aliphatic heterocycles. The predicted octanol–water partition coefficient (Wildman–Crippen LogP) is 3.15. The van der Waals surface area contributed by atoms with E-state index in [1.54, 1.807) is 18.5 Å². The van der Waals surface area contributed by atoms with Crippen molar-refractivity contribution in [2.24, 2.45) is 0 Å². The molecule has 2 N–H and O–H groups in total. The maximum atomic E-state index is 12.8. The highest BCUT2D eigenvalue weighted by atomic mass is 19.4. The standard InChI is InChI=1S/C13H13F3N4/c1-17-11-5-10(13(14,15)16)6-12(20-11)19-8-9-3-2-4-18-7-9/h2-7H,8H2,1H3,(H2,17,19,20). The van der Waals surface area contributed by atoms with Crippen LogP contribution in [0.1, 0.15) is 11.1 Å². The molecule has 106 valence electrons. The quantitative estimate of drug-likeness (QED) is 0.904. The van der Waals surface area contributed by atoms with E-state index in [-0.39, 0.29) is 11.6 Å². The monoisotopic (exact) mass is 282 g/mol. The zero-order valence-corrected chi connectivity index (χ0v) is 10.7. The number of halogens is 3. The van der Waals surface area contributed by atoms with Crippen LogP contribution in [0.15, 0.2) is 36.7 Å². The van der Waals surface area contributed by atoms with E-state index in [9.17, 15) is 13.2 Å². The number of pyridine rings is 2.